The van der Waals surface area contributed by atoms with E-state index in [-0.39, 0.29) is 29.7 Å². The number of carbonyl (C=O) groups is 3. The van der Waals surface area contributed by atoms with Crippen LogP contribution >= 0.6 is 0 Å². The van der Waals surface area contributed by atoms with Crippen LogP contribution in [0.2, 0.25) is 0 Å². The molecule has 0 aromatic rings. The molecule has 0 spiro atoms. The predicted molar refractivity (Wildman–Crippen MR) is 142 cm³/mol. The minimum atomic E-state index is -1.14. The van der Waals surface area contributed by atoms with E-state index in [1.54, 1.807) is 0 Å². The number of rotatable bonds is 9. The van der Waals surface area contributed by atoms with Crippen molar-refractivity contribution in [2.75, 3.05) is 0 Å². The van der Waals surface area contributed by atoms with Gasteiger partial charge in [-0.1, -0.05) is 60.4 Å². The standard InChI is InChI=1S/C31H46O3/c1-21(2)11-10-12-24(7)16-17-30-20-25(14-13-22(3)4)29(8,9)31(28(30)34,18-15-23(5)6)27(33)19-26(30)32/h11,13,15-16,25H,10,12,14,17-20H2,1-9H3/b24-16+/t25-,30-,31+/m0/s1. The van der Waals surface area contributed by atoms with Gasteiger partial charge in [-0.25, -0.2) is 0 Å². The van der Waals surface area contributed by atoms with Crippen molar-refractivity contribution in [2.45, 2.75) is 107 Å². The second-order valence-electron chi connectivity index (χ2n) is 12.0. The maximum atomic E-state index is 14.4. The number of Topliss-reactive ketones (excluding diaryl/α,β-unsaturated/α-hetero) is 3. The first-order valence-corrected chi connectivity index (χ1v) is 12.9. The highest BCUT2D eigenvalue weighted by molar-refractivity contribution is 6.28. The van der Waals surface area contributed by atoms with Crippen LogP contribution in [0.1, 0.15) is 107 Å². The van der Waals surface area contributed by atoms with Gasteiger partial charge in [-0.05, 0) is 98.3 Å². The maximum absolute atomic E-state index is 14.4. The molecule has 0 amide bonds. The predicted octanol–water partition coefficient (Wildman–Crippen LogP) is 7.91. The van der Waals surface area contributed by atoms with Gasteiger partial charge in [-0.15, -0.1) is 0 Å². The van der Waals surface area contributed by atoms with Crippen molar-refractivity contribution in [3.63, 3.8) is 0 Å². The summed E-state index contributed by atoms with van der Waals surface area (Å²) in [5, 5.41) is 0. The Morgan fingerprint density at radius 1 is 0.794 bits per heavy atom. The molecule has 2 fully saturated rings. The van der Waals surface area contributed by atoms with Gasteiger partial charge in [0.15, 0.2) is 17.3 Å². The summed E-state index contributed by atoms with van der Waals surface area (Å²) in [6.45, 7) is 18.6. The lowest BCUT2D eigenvalue weighted by Crippen LogP contribution is -2.68. The Hall–Kier alpha value is -2.03. The second-order valence-corrected chi connectivity index (χ2v) is 12.0. The fraction of sp³-hybridized carbons (Fsp3) is 0.645. The van der Waals surface area contributed by atoms with Crippen LogP contribution in [0.4, 0.5) is 0 Å². The van der Waals surface area contributed by atoms with E-state index in [1.807, 2.05) is 19.9 Å². The molecule has 2 aliphatic carbocycles. The highest BCUT2D eigenvalue weighted by Gasteiger charge is 2.71. The highest BCUT2D eigenvalue weighted by Crippen LogP contribution is 2.64. The van der Waals surface area contributed by atoms with E-state index < -0.39 is 16.2 Å². The summed E-state index contributed by atoms with van der Waals surface area (Å²) in [7, 11) is 0. The minimum absolute atomic E-state index is 0.0817. The van der Waals surface area contributed by atoms with Gasteiger partial charge in [-0.2, -0.15) is 0 Å². The van der Waals surface area contributed by atoms with Crippen LogP contribution in [0.25, 0.3) is 0 Å². The van der Waals surface area contributed by atoms with E-state index in [0.29, 0.717) is 19.3 Å². The Morgan fingerprint density at radius 2 is 1.38 bits per heavy atom. The quantitative estimate of drug-likeness (QED) is 0.256. The molecule has 0 aromatic heterocycles. The molecular formula is C31H46O3. The molecule has 2 rings (SSSR count). The number of hydrogen-bond donors (Lipinski definition) is 0. The van der Waals surface area contributed by atoms with Crippen molar-refractivity contribution in [2.24, 2.45) is 22.2 Å². The molecular weight excluding hydrogens is 420 g/mol. The van der Waals surface area contributed by atoms with Crippen molar-refractivity contribution in [1.29, 1.82) is 0 Å². The van der Waals surface area contributed by atoms with Gasteiger partial charge < -0.3 is 0 Å². The van der Waals surface area contributed by atoms with Crippen LogP contribution in [0.5, 0.6) is 0 Å². The average molecular weight is 467 g/mol. The average Bonchev–Trinajstić information content (AvgIpc) is 2.71. The highest BCUT2D eigenvalue weighted by atomic mass is 16.2. The Bertz CT molecular complexity index is 943. The number of hydrogen-bond acceptors (Lipinski definition) is 3. The van der Waals surface area contributed by atoms with Crippen molar-refractivity contribution in [1.82, 2.24) is 0 Å². The van der Waals surface area contributed by atoms with Crippen LogP contribution in [0, 0.1) is 22.2 Å². The summed E-state index contributed by atoms with van der Waals surface area (Å²) in [6, 6.07) is 0. The van der Waals surface area contributed by atoms with E-state index in [2.05, 4.69) is 66.7 Å². The Balaban J connectivity index is 2.60. The van der Waals surface area contributed by atoms with Gasteiger partial charge in [0.1, 0.15) is 0 Å². The molecule has 2 aliphatic rings. The third-order valence-electron chi connectivity index (χ3n) is 8.39. The Kier molecular flexibility index (Phi) is 8.88. The zero-order chi connectivity index (χ0) is 25.9. The smallest absolute Gasteiger partial charge is 0.161 e. The maximum Gasteiger partial charge on any atom is 0.161 e. The van der Waals surface area contributed by atoms with Crippen LogP contribution in [-0.2, 0) is 14.4 Å². The van der Waals surface area contributed by atoms with Crippen LogP contribution < -0.4 is 0 Å². The van der Waals surface area contributed by atoms with Gasteiger partial charge >= 0.3 is 0 Å². The monoisotopic (exact) mass is 466 g/mol. The first-order chi connectivity index (χ1) is 15.7. The number of ketones is 3. The van der Waals surface area contributed by atoms with Gasteiger partial charge in [0.2, 0.25) is 0 Å². The van der Waals surface area contributed by atoms with Crippen LogP contribution in [0.3, 0.4) is 0 Å². The summed E-state index contributed by atoms with van der Waals surface area (Å²) in [6.07, 6.45) is 12.4. The van der Waals surface area contributed by atoms with E-state index >= 15 is 0 Å². The van der Waals surface area contributed by atoms with Crippen LogP contribution in [-0.4, -0.2) is 17.3 Å². The van der Waals surface area contributed by atoms with E-state index in [4.69, 9.17) is 0 Å². The molecule has 0 aromatic carbocycles. The molecule has 3 heteroatoms. The molecule has 0 unspecified atom stereocenters. The van der Waals surface area contributed by atoms with Crippen molar-refractivity contribution in [3.05, 3.63) is 46.6 Å². The molecule has 3 nitrogen and oxygen atoms in total. The lowest BCUT2D eigenvalue weighted by molar-refractivity contribution is -0.180. The lowest BCUT2D eigenvalue weighted by atomic mass is 9.39. The first kappa shape index (κ1) is 28.2. The second kappa shape index (κ2) is 10.7. The van der Waals surface area contributed by atoms with Crippen molar-refractivity contribution >= 4 is 17.3 Å². The Morgan fingerprint density at radius 3 is 1.94 bits per heavy atom. The SMILES string of the molecule is CC(C)=CCC/C(C)=C/C[C@]12C[C@H](CC=C(C)C)C(C)(C)[C@](CC=C(C)C)(C(=O)CC1=O)C2=O. The molecule has 2 bridgehead atoms. The zero-order valence-corrected chi connectivity index (χ0v) is 23.1. The van der Waals surface area contributed by atoms with E-state index in [9.17, 15) is 14.4 Å². The number of allylic oxidation sites excluding steroid dienone is 8. The number of fused-ring (bicyclic) bond motifs is 2. The molecule has 3 atom stereocenters. The molecule has 0 saturated heterocycles. The molecule has 2 saturated carbocycles. The van der Waals surface area contributed by atoms with E-state index in [1.165, 1.54) is 16.7 Å². The van der Waals surface area contributed by atoms with Crippen molar-refractivity contribution in [3.8, 4) is 0 Å². The topological polar surface area (TPSA) is 51.2 Å². The fourth-order valence-corrected chi connectivity index (χ4v) is 5.92. The van der Waals surface area contributed by atoms with Gasteiger partial charge in [0.05, 0.1) is 17.3 Å². The first-order valence-electron chi connectivity index (χ1n) is 12.9. The molecule has 0 radical (unpaired) electrons. The number of carbonyl (C=O) groups excluding carboxylic acids is 3. The summed E-state index contributed by atoms with van der Waals surface area (Å²) >= 11 is 0. The van der Waals surface area contributed by atoms with Crippen LogP contribution in [0.15, 0.2) is 46.6 Å². The summed E-state index contributed by atoms with van der Waals surface area (Å²) in [5.74, 6) is -0.378. The summed E-state index contributed by atoms with van der Waals surface area (Å²) in [5.41, 5.74) is 2.06. The zero-order valence-electron chi connectivity index (χ0n) is 23.1. The molecule has 34 heavy (non-hydrogen) atoms. The fourth-order valence-electron chi connectivity index (χ4n) is 5.92. The molecule has 0 heterocycles. The summed E-state index contributed by atoms with van der Waals surface area (Å²) < 4.78 is 0. The molecule has 0 N–H and O–H groups in total. The van der Waals surface area contributed by atoms with Gasteiger partial charge in [0.25, 0.3) is 0 Å². The third kappa shape index (κ3) is 5.29. The van der Waals surface area contributed by atoms with Gasteiger partial charge in [-0.3, -0.25) is 14.4 Å². The minimum Gasteiger partial charge on any atom is -0.298 e. The molecule has 0 aliphatic heterocycles. The largest absolute Gasteiger partial charge is 0.298 e. The van der Waals surface area contributed by atoms with Gasteiger partial charge in [0, 0.05) is 0 Å². The molecule has 188 valence electrons. The lowest BCUT2D eigenvalue weighted by Gasteiger charge is -2.60. The van der Waals surface area contributed by atoms with E-state index in [0.717, 1.165) is 24.8 Å². The third-order valence-corrected chi connectivity index (χ3v) is 8.39. The normalized spacial score (nSPS) is 28.4. The Labute approximate surface area is 207 Å². The summed E-state index contributed by atoms with van der Waals surface area (Å²) in [4.78, 5) is 41.5. The van der Waals surface area contributed by atoms with Crippen molar-refractivity contribution < 1.29 is 14.4 Å².